The van der Waals surface area contributed by atoms with Gasteiger partial charge in [0.05, 0.1) is 22.5 Å². The first-order valence-corrected chi connectivity index (χ1v) is 9.48. The fourth-order valence-electron chi connectivity index (χ4n) is 3.84. The summed E-state index contributed by atoms with van der Waals surface area (Å²) in [5.74, 6) is -0.200. The molecule has 1 spiro atoms. The summed E-state index contributed by atoms with van der Waals surface area (Å²) in [7, 11) is 0. The van der Waals surface area contributed by atoms with Crippen LogP contribution in [0.5, 0.6) is 0 Å². The number of aromatic nitrogens is 1. The maximum absolute atomic E-state index is 12.6. The third-order valence-corrected chi connectivity index (χ3v) is 5.82. The number of halogens is 1. The van der Waals surface area contributed by atoms with Crippen molar-refractivity contribution in [1.82, 2.24) is 10.3 Å². The number of nitrogens with zero attached hydrogens (tertiary/aromatic N) is 1. The van der Waals surface area contributed by atoms with Crippen molar-refractivity contribution in [3.8, 4) is 0 Å². The van der Waals surface area contributed by atoms with Crippen molar-refractivity contribution in [2.24, 2.45) is 11.3 Å². The van der Waals surface area contributed by atoms with E-state index in [4.69, 9.17) is 11.6 Å². The van der Waals surface area contributed by atoms with Gasteiger partial charge in [-0.1, -0.05) is 11.6 Å². The Morgan fingerprint density at radius 3 is 2.67 bits per heavy atom. The Bertz CT molecular complexity index is 866. The van der Waals surface area contributed by atoms with Crippen LogP contribution >= 0.6 is 11.6 Å². The molecule has 1 aromatic carbocycles. The van der Waals surface area contributed by atoms with Crippen LogP contribution in [0.15, 0.2) is 42.7 Å². The molecule has 0 bridgehead atoms. The van der Waals surface area contributed by atoms with Gasteiger partial charge in [0.1, 0.15) is 0 Å². The number of pyridine rings is 1. The van der Waals surface area contributed by atoms with Gasteiger partial charge in [-0.25, -0.2) is 0 Å². The molecule has 1 saturated heterocycles. The van der Waals surface area contributed by atoms with E-state index >= 15 is 0 Å². The molecule has 1 unspecified atom stereocenters. The standard InChI is InChI=1S/C20H21ClN4O2/c21-17-10-13(24-19(27)16-11-20(16)5-8-22-9-6-20)3-4-15(17)18(26)25-14-2-1-7-23-12-14/h1-4,7,10,12,16,22H,5-6,8-9,11H2,(H,24,27)(H,25,26). The number of carbonyl (C=O) groups excluding carboxylic acids is 2. The normalized spacial score (nSPS) is 20.1. The molecule has 1 aliphatic carbocycles. The highest BCUT2D eigenvalue weighted by Crippen LogP contribution is 2.58. The predicted molar refractivity (Wildman–Crippen MR) is 105 cm³/mol. The molecule has 0 radical (unpaired) electrons. The number of piperidine rings is 1. The van der Waals surface area contributed by atoms with Gasteiger partial charge in [-0.3, -0.25) is 14.6 Å². The monoisotopic (exact) mass is 384 g/mol. The summed E-state index contributed by atoms with van der Waals surface area (Å²) in [4.78, 5) is 28.9. The van der Waals surface area contributed by atoms with Gasteiger partial charge < -0.3 is 16.0 Å². The van der Waals surface area contributed by atoms with E-state index < -0.39 is 0 Å². The summed E-state index contributed by atoms with van der Waals surface area (Å²) in [6.45, 7) is 1.96. The molecule has 140 valence electrons. The first-order chi connectivity index (χ1) is 13.1. The fourth-order valence-corrected chi connectivity index (χ4v) is 4.10. The smallest absolute Gasteiger partial charge is 0.257 e. The maximum Gasteiger partial charge on any atom is 0.257 e. The second-order valence-corrected chi connectivity index (χ2v) is 7.66. The van der Waals surface area contributed by atoms with Crippen molar-refractivity contribution in [1.29, 1.82) is 0 Å². The number of amides is 2. The van der Waals surface area contributed by atoms with Crippen molar-refractivity contribution >= 4 is 34.8 Å². The van der Waals surface area contributed by atoms with Gasteiger partial charge in [0.2, 0.25) is 5.91 Å². The van der Waals surface area contributed by atoms with Crippen LogP contribution < -0.4 is 16.0 Å². The summed E-state index contributed by atoms with van der Waals surface area (Å²) in [6, 6.07) is 8.44. The average molecular weight is 385 g/mol. The van der Waals surface area contributed by atoms with Gasteiger partial charge in [-0.15, -0.1) is 0 Å². The Morgan fingerprint density at radius 2 is 1.96 bits per heavy atom. The Labute approximate surface area is 162 Å². The largest absolute Gasteiger partial charge is 0.326 e. The van der Waals surface area contributed by atoms with E-state index in [0.717, 1.165) is 32.4 Å². The first-order valence-electron chi connectivity index (χ1n) is 9.10. The van der Waals surface area contributed by atoms with Gasteiger partial charge in [-0.2, -0.15) is 0 Å². The molecule has 1 aromatic heterocycles. The Balaban J connectivity index is 1.40. The minimum atomic E-state index is -0.318. The van der Waals surface area contributed by atoms with Crippen molar-refractivity contribution in [2.45, 2.75) is 19.3 Å². The molecular weight excluding hydrogens is 364 g/mol. The van der Waals surface area contributed by atoms with Gasteiger partial charge >= 0.3 is 0 Å². The molecule has 6 nitrogen and oxygen atoms in total. The summed E-state index contributed by atoms with van der Waals surface area (Å²) >= 11 is 6.28. The molecular formula is C20H21ClN4O2. The number of rotatable bonds is 4. The molecule has 7 heteroatoms. The zero-order chi connectivity index (χ0) is 18.9. The molecule has 2 fully saturated rings. The molecule has 1 aliphatic heterocycles. The van der Waals surface area contributed by atoms with Crippen LogP contribution in [0.2, 0.25) is 5.02 Å². The van der Waals surface area contributed by atoms with Crippen LogP contribution in [0.1, 0.15) is 29.6 Å². The lowest BCUT2D eigenvalue weighted by atomic mass is 9.92. The van der Waals surface area contributed by atoms with E-state index in [9.17, 15) is 9.59 Å². The fraction of sp³-hybridized carbons (Fsp3) is 0.350. The summed E-state index contributed by atoms with van der Waals surface area (Å²) in [5.41, 5.74) is 1.73. The lowest BCUT2D eigenvalue weighted by molar-refractivity contribution is -0.118. The number of hydrogen-bond acceptors (Lipinski definition) is 4. The third-order valence-electron chi connectivity index (χ3n) is 5.51. The molecule has 3 N–H and O–H groups in total. The zero-order valence-electron chi connectivity index (χ0n) is 14.8. The molecule has 2 aliphatic rings. The first kappa shape index (κ1) is 17.9. The maximum atomic E-state index is 12.6. The second-order valence-electron chi connectivity index (χ2n) is 7.25. The minimum Gasteiger partial charge on any atom is -0.326 e. The molecule has 1 atom stereocenters. The van der Waals surface area contributed by atoms with Gasteiger partial charge in [-0.05, 0) is 68.1 Å². The van der Waals surface area contributed by atoms with Gasteiger partial charge in [0.25, 0.3) is 5.91 Å². The molecule has 4 rings (SSSR count). The number of benzene rings is 1. The highest BCUT2D eigenvalue weighted by Gasteiger charge is 2.57. The number of hydrogen-bond donors (Lipinski definition) is 3. The van der Waals surface area contributed by atoms with Crippen LogP contribution in [0.4, 0.5) is 11.4 Å². The number of carbonyl (C=O) groups is 2. The molecule has 2 heterocycles. The van der Waals surface area contributed by atoms with Crippen molar-refractivity contribution in [2.75, 3.05) is 23.7 Å². The molecule has 2 aromatic rings. The van der Waals surface area contributed by atoms with E-state index in [2.05, 4.69) is 20.9 Å². The predicted octanol–water partition coefficient (Wildman–Crippen LogP) is 3.32. The lowest BCUT2D eigenvalue weighted by Crippen LogP contribution is -2.31. The highest BCUT2D eigenvalue weighted by atomic mass is 35.5. The Kier molecular flexibility index (Phi) is 4.85. The van der Waals surface area contributed by atoms with Crippen LogP contribution in [-0.2, 0) is 4.79 Å². The lowest BCUT2D eigenvalue weighted by Gasteiger charge is -2.23. The van der Waals surface area contributed by atoms with Crippen LogP contribution in [0.25, 0.3) is 0 Å². The summed E-state index contributed by atoms with van der Waals surface area (Å²) in [5, 5.41) is 9.33. The summed E-state index contributed by atoms with van der Waals surface area (Å²) in [6.07, 6.45) is 6.26. The number of nitrogens with one attached hydrogen (secondary N) is 3. The average Bonchev–Trinajstić information content (AvgIpc) is 3.36. The van der Waals surface area contributed by atoms with E-state index in [1.807, 2.05) is 0 Å². The second kappa shape index (κ2) is 7.29. The van der Waals surface area contributed by atoms with E-state index in [1.54, 1.807) is 42.7 Å². The van der Waals surface area contributed by atoms with E-state index in [-0.39, 0.29) is 23.1 Å². The van der Waals surface area contributed by atoms with Crippen molar-refractivity contribution in [3.63, 3.8) is 0 Å². The minimum absolute atomic E-state index is 0.0422. The van der Waals surface area contributed by atoms with Crippen LogP contribution in [0.3, 0.4) is 0 Å². The van der Waals surface area contributed by atoms with E-state index in [1.165, 1.54) is 0 Å². The third kappa shape index (κ3) is 3.82. The summed E-state index contributed by atoms with van der Waals surface area (Å²) < 4.78 is 0. The SMILES string of the molecule is O=C(Nc1cccnc1)c1ccc(NC(=O)C2CC23CCNCC3)cc1Cl. The van der Waals surface area contributed by atoms with Crippen molar-refractivity contribution in [3.05, 3.63) is 53.3 Å². The highest BCUT2D eigenvalue weighted by molar-refractivity contribution is 6.34. The Morgan fingerprint density at radius 1 is 1.15 bits per heavy atom. The number of anilines is 2. The zero-order valence-corrected chi connectivity index (χ0v) is 15.6. The molecule has 27 heavy (non-hydrogen) atoms. The molecule has 1 saturated carbocycles. The van der Waals surface area contributed by atoms with Gasteiger partial charge in [0, 0.05) is 17.8 Å². The van der Waals surface area contributed by atoms with Crippen LogP contribution in [0, 0.1) is 11.3 Å². The van der Waals surface area contributed by atoms with Crippen molar-refractivity contribution < 1.29 is 9.59 Å². The Hall–Kier alpha value is -2.44. The topological polar surface area (TPSA) is 83.1 Å². The van der Waals surface area contributed by atoms with E-state index in [0.29, 0.717) is 22.0 Å². The van der Waals surface area contributed by atoms with Crippen LogP contribution in [-0.4, -0.2) is 29.9 Å². The molecule has 2 amide bonds. The van der Waals surface area contributed by atoms with Gasteiger partial charge in [0.15, 0.2) is 0 Å². The quantitative estimate of drug-likeness (QED) is 0.755.